The summed E-state index contributed by atoms with van der Waals surface area (Å²) in [7, 11) is 0. The maximum absolute atomic E-state index is 6.28. The predicted octanol–water partition coefficient (Wildman–Crippen LogP) is 3.86. The van der Waals surface area contributed by atoms with Gasteiger partial charge < -0.3 is 5.73 Å². The number of aryl methyl sites for hydroxylation is 1. The van der Waals surface area contributed by atoms with Crippen molar-refractivity contribution in [2.75, 3.05) is 0 Å². The molecule has 17 heavy (non-hydrogen) atoms. The Balaban J connectivity index is 2.30. The summed E-state index contributed by atoms with van der Waals surface area (Å²) in [6.45, 7) is 8.62. The molecular weight excluding hydrogens is 248 g/mol. The average Bonchev–Trinajstić information content (AvgIpc) is 2.83. The van der Waals surface area contributed by atoms with Crippen LogP contribution in [0.1, 0.15) is 48.0 Å². The predicted molar refractivity (Wildman–Crippen MR) is 75.9 cm³/mol. The Bertz CT molecular complexity index is 505. The van der Waals surface area contributed by atoms with Crippen molar-refractivity contribution in [3.05, 3.63) is 38.0 Å². The molecule has 0 amide bonds. The monoisotopic (exact) mass is 266 g/mol. The summed E-state index contributed by atoms with van der Waals surface area (Å²) >= 11 is 3.37. The number of aromatic nitrogens is 1. The molecule has 0 aromatic carbocycles. The summed E-state index contributed by atoms with van der Waals surface area (Å²) in [5.41, 5.74) is 8.76. The van der Waals surface area contributed by atoms with Crippen molar-refractivity contribution in [2.24, 2.45) is 5.73 Å². The molecule has 0 spiro atoms. The van der Waals surface area contributed by atoms with E-state index in [0.29, 0.717) is 0 Å². The second-order valence-corrected chi connectivity index (χ2v) is 7.10. The molecule has 92 valence electrons. The van der Waals surface area contributed by atoms with Gasteiger partial charge in [-0.05, 0) is 23.9 Å². The van der Waals surface area contributed by atoms with E-state index in [0.717, 1.165) is 10.7 Å². The molecule has 2 N–H and O–H groups in total. The first-order chi connectivity index (χ1) is 7.89. The maximum atomic E-state index is 6.28. The minimum absolute atomic E-state index is 0.0731. The van der Waals surface area contributed by atoms with Crippen LogP contribution in [0.2, 0.25) is 0 Å². The quantitative estimate of drug-likeness (QED) is 0.896. The van der Waals surface area contributed by atoms with Crippen molar-refractivity contribution in [1.82, 2.24) is 4.98 Å². The van der Waals surface area contributed by atoms with Gasteiger partial charge in [0.1, 0.15) is 5.01 Å². The van der Waals surface area contributed by atoms with E-state index < -0.39 is 0 Å². The van der Waals surface area contributed by atoms with Gasteiger partial charge in [0.2, 0.25) is 0 Å². The third-order valence-electron chi connectivity index (χ3n) is 2.74. The van der Waals surface area contributed by atoms with Gasteiger partial charge in [-0.1, -0.05) is 20.8 Å². The molecule has 0 aliphatic carbocycles. The highest BCUT2D eigenvalue weighted by atomic mass is 32.1. The molecule has 0 aliphatic rings. The normalized spacial score (nSPS) is 13.9. The van der Waals surface area contributed by atoms with Gasteiger partial charge >= 0.3 is 0 Å². The standard InChI is InChI=1S/C13H18N2S2/c1-8-5-6-16-11(8)10(14)12-15-9(7-17-12)13(2,3)4/h5-7,10H,14H2,1-4H3. The topological polar surface area (TPSA) is 38.9 Å². The van der Waals surface area contributed by atoms with E-state index in [-0.39, 0.29) is 11.5 Å². The van der Waals surface area contributed by atoms with Crippen LogP contribution in [0.15, 0.2) is 16.8 Å². The molecule has 0 saturated carbocycles. The Hall–Kier alpha value is -0.710. The SMILES string of the molecule is Cc1ccsc1C(N)c1nc(C(C)(C)C)cs1. The number of nitrogens with two attached hydrogens (primary N) is 1. The second kappa shape index (κ2) is 4.52. The first kappa shape index (κ1) is 12.7. The van der Waals surface area contributed by atoms with Gasteiger partial charge in [-0.3, -0.25) is 0 Å². The van der Waals surface area contributed by atoms with Crippen LogP contribution in [0, 0.1) is 6.92 Å². The van der Waals surface area contributed by atoms with E-state index in [9.17, 15) is 0 Å². The van der Waals surface area contributed by atoms with Gasteiger partial charge in [0, 0.05) is 15.7 Å². The smallest absolute Gasteiger partial charge is 0.115 e. The van der Waals surface area contributed by atoms with E-state index in [1.54, 1.807) is 22.7 Å². The molecule has 0 radical (unpaired) electrons. The fourth-order valence-electron chi connectivity index (χ4n) is 1.59. The lowest BCUT2D eigenvalue weighted by Gasteiger charge is -2.14. The van der Waals surface area contributed by atoms with Crippen molar-refractivity contribution in [3.8, 4) is 0 Å². The average molecular weight is 266 g/mol. The van der Waals surface area contributed by atoms with Crippen molar-refractivity contribution in [1.29, 1.82) is 0 Å². The van der Waals surface area contributed by atoms with Crippen LogP contribution in [-0.2, 0) is 5.41 Å². The van der Waals surface area contributed by atoms with Gasteiger partial charge in [0.25, 0.3) is 0 Å². The summed E-state index contributed by atoms with van der Waals surface area (Å²) in [5.74, 6) is 0. The van der Waals surface area contributed by atoms with E-state index in [1.165, 1.54) is 10.4 Å². The second-order valence-electron chi connectivity index (χ2n) is 5.27. The Morgan fingerprint density at radius 1 is 1.29 bits per heavy atom. The Morgan fingerprint density at radius 2 is 2.00 bits per heavy atom. The first-order valence-electron chi connectivity index (χ1n) is 5.65. The molecule has 0 aliphatic heterocycles. The highest BCUT2D eigenvalue weighted by molar-refractivity contribution is 7.11. The molecule has 2 heterocycles. The van der Waals surface area contributed by atoms with Crippen LogP contribution in [-0.4, -0.2) is 4.98 Å². The minimum atomic E-state index is -0.0731. The molecule has 2 aromatic heterocycles. The van der Waals surface area contributed by atoms with Crippen molar-refractivity contribution in [3.63, 3.8) is 0 Å². The lowest BCUT2D eigenvalue weighted by molar-refractivity contribution is 0.569. The van der Waals surface area contributed by atoms with Crippen molar-refractivity contribution in [2.45, 2.75) is 39.2 Å². The van der Waals surface area contributed by atoms with Crippen LogP contribution in [0.4, 0.5) is 0 Å². The molecule has 1 atom stereocenters. The molecule has 0 fully saturated rings. The van der Waals surface area contributed by atoms with E-state index in [1.807, 2.05) is 0 Å². The van der Waals surface area contributed by atoms with Crippen molar-refractivity contribution < 1.29 is 0 Å². The fraction of sp³-hybridized carbons (Fsp3) is 0.462. The molecule has 0 bridgehead atoms. The van der Waals surface area contributed by atoms with Gasteiger partial charge in [0.05, 0.1) is 11.7 Å². The molecule has 1 unspecified atom stereocenters. The summed E-state index contributed by atoms with van der Waals surface area (Å²) < 4.78 is 0. The molecule has 2 rings (SSSR count). The summed E-state index contributed by atoms with van der Waals surface area (Å²) in [5, 5.41) is 5.22. The maximum Gasteiger partial charge on any atom is 0.115 e. The summed E-state index contributed by atoms with van der Waals surface area (Å²) in [6, 6.07) is 2.04. The third-order valence-corrected chi connectivity index (χ3v) is 4.77. The van der Waals surface area contributed by atoms with Crippen LogP contribution in [0.3, 0.4) is 0 Å². The molecule has 2 nitrogen and oxygen atoms in total. The summed E-state index contributed by atoms with van der Waals surface area (Å²) in [4.78, 5) is 5.90. The Labute approximate surface area is 111 Å². The lowest BCUT2D eigenvalue weighted by atomic mass is 9.93. The fourth-order valence-corrected chi connectivity index (χ4v) is 3.65. The highest BCUT2D eigenvalue weighted by Gasteiger charge is 2.21. The summed E-state index contributed by atoms with van der Waals surface area (Å²) in [6.07, 6.45) is 0. The van der Waals surface area contributed by atoms with E-state index in [2.05, 4.69) is 49.5 Å². The number of hydrogen-bond acceptors (Lipinski definition) is 4. The zero-order valence-corrected chi connectivity index (χ0v) is 12.3. The largest absolute Gasteiger partial charge is 0.318 e. The highest BCUT2D eigenvalue weighted by Crippen LogP contribution is 2.31. The van der Waals surface area contributed by atoms with E-state index >= 15 is 0 Å². The number of thiazole rings is 1. The van der Waals surface area contributed by atoms with E-state index in [4.69, 9.17) is 5.73 Å². The van der Waals surface area contributed by atoms with Gasteiger partial charge in [-0.25, -0.2) is 4.98 Å². The molecule has 2 aromatic rings. The number of hydrogen-bond donors (Lipinski definition) is 1. The van der Waals surface area contributed by atoms with Crippen LogP contribution in [0.5, 0.6) is 0 Å². The number of nitrogens with zero attached hydrogens (tertiary/aromatic N) is 1. The van der Waals surface area contributed by atoms with Gasteiger partial charge in [-0.2, -0.15) is 0 Å². The zero-order chi connectivity index (χ0) is 12.6. The Kier molecular flexibility index (Phi) is 3.39. The molecule has 4 heteroatoms. The van der Waals surface area contributed by atoms with Crippen LogP contribution in [0.25, 0.3) is 0 Å². The number of rotatable bonds is 2. The zero-order valence-electron chi connectivity index (χ0n) is 10.7. The minimum Gasteiger partial charge on any atom is -0.318 e. The van der Waals surface area contributed by atoms with Crippen LogP contribution >= 0.6 is 22.7 Å². The van der Waals surface area contributed by atoms with Crippen molar-refractivity contribution >= 4 is 22.7 Å². The van der Waals surface area contributed by atoms with Crippen LogP contribution < -0.4 is 5.73 Å². The van der Waals surface area contributed by atoms with Gasteiger partial charge in [-0.15, -0.1) is 22.7 Å². The number of thiophene rings is 1. The molecule has 0 saturated heterocycles. The lowest BCUT2D eigenvalue weighted by Crippen LogP contribution is -2.14. The Morgan fingerprint density at radius 3 is 2.47 bits per heavy atom. The first-order valence-corrected chi connectivity index (χ1v) is 7.41. The molecular formula is C13H18N2S2. The van der Waals surface area contributed by atoms with Gasteiger partial charge in [0.15, 0.2) is 0 Å². The third kappa shape index (κ3) is 2.59.